The Bertz CT molecular complexity index is 1580. The molecule has 3 aromatic heterocycles. The number of carbonyl (C=O) groups excluding carboxylic acids is 1. The van der Waals surface area contributed by atoms with Crippen molar-refractivity contribution in [3.05, 3.63) is 107 Å². The Kier molecular flexibility index (Phi) is 8.96. The predicted octanol–water partition coefficient (Wildman–Crippen LogP) is 6.50. The minimum Gasteiger partial charge on any atom is -0.493 e. The Morgan fingerprint density at radius 2 is 1.95 bits per heavy atom. The van der Waals surface area contributed by atoms with Crippen molar-refractivity contribution in [1.29, 1.82) is 0 Å². The number of rotatable bonds is 11. The summed E-state index contributed by atoms with van der Waals surface area (Å²) in [6.45, 7) is 3.38. The van der Waals surface area contributed by atoms with Crippen LogP contribution in [0.3, 0.4) is 0 Å². The molecule has 9 nitrogen and oxygen atoms in total. The van der Waals surface area contributed by atoms with Gasteiger partial charge >= 0.3 is 0 Å². The molecule has 2 N–H and O–H groups in total. The van der Waals surface area contributed by atoms with E-state index in [0.29, 0.717) is 29.6 Å². The van der Waals surface area contributed by atoms with E-state index in [0.717, 1.165) is 45.5 Å². The number of halogens is 1. The molecule has 2 aromatic carbocycles. The highest BCUT2D eigenvalue weighted by Gasteiger charge is 2.15. The van der Waals surface area contributed by atoms with E-state index in [4.69, 9.17) is 4.74 Å². The Labute approximate surface area is 246 Å². The number of pyridine rings is 1. The lowest BCUT2D eigenvalue weighted by molar-refractivity contribution is 0.102. The van der Waals surface area contributed by atoms with Crippen molar-refractivity contribution in [2.75, 3.05) is 17.2 Å². The van der Waals surface area contributed by atoms with Crippen LogP contribution >= 0.6 is 22.6 Å². The molecule has 0 radical (unpaired) electrons. The van der Waals surface area contributed by atoms with Gasteiger partial charge in [-0.2, -0.15) is 0 Å². The average Bonchev–Trinajstić information content (AvgIpc) is 3.49. The second kappa shape index (κ2) is 13.2. The molecule has 10 heteroatoms. The van der Waals surface area contributed by atoms with Gasteiger partial charge in [0, 0.05) is 58.0 Å². The van der Waals surface area contributed by atoms with Crippen LogP contribution in [0.15, 0.2) is 91.9 Å². The average molecular weight is 646 g/mol. The molecule has 0 saturated carbocycles. The number of anilines is 3. The zero-order chi connectivity index (χ0) is 27.7. The second-order valence-corrected chi connectivity index (χ2v) is 10.4. The Hall–Kier alpha value is -4.32. The van der Waals surface area contributed by atoms with Gasteiger partial charge in [0.25, 0.3) is 5.91 Å². The van der Waals surface area contributed by atoms with Crippen molar-refractivity contribution >= 4 is 45.8 Å². The van der Waals surface area contributed by atoms with Crippen molar-refractivity contribution in [1.82, 2.24) is 24.5 Å². The van der Waals surface area contributed by atoms with Gasteiger partial charge < -0.3 is 19.9 Å². The number of amides is 1. The van der Waals surface area contributed by atoms with E-state index < -0.39 is 0 Å². The lowest BCUT2D eigenvalue weighted by Crippen LogP contribution is -2.14. The molecule has 0 fully saturated rings. The maximum absolute atomic E-state index is 13.3. The van der Waals surface area contributed by atoms with Crippen molar-refractivity contribution in [3.63, 3.8) is 0 Å². The first-order valence-electron chi connectivity index (χ1n) is 12.9. The normalized spacial score (nSPS) is 10.8. The monoisotopic (exact) mass is 645 g/mol. The molecule has 5 rings (SSSR count). The number of aromatic nitrogens is 5. The minimum absolute atomic E-state index is 0.241. The first-order chi connectivity index (χ1) is 19.5. The third kappa shape index (κ3) is 7.20. The van der Waals surface area contributed by atoms with E-state index >= 15 is 0 Å². The fraction of sp³-hybridized carbons (Fsp3) is 0.167. The molecule has 0 saturated heterocycles. The van der Waals surface area contributed by atoms with Gasteiger partial charge in [0.15, 0.2) is 0 Å². The van der Waals surface area contributed by atoms with E-state index in [2.05, 4.69) is 53.2 Å². The van der Waals surface area contributed by atoms with Crippen LogP contribution < -0.4 is 15.4 Å². The summed E-state index contributed by atoms with van der Waals surface area (Å²) in [5.41, 5.74) is 4.57. The number of hydrogen-bond donors (Lipinski definition) is 2. The van der Waals surface area contributed by atoms with Crippen LogP contribution in [0.5, 0.6) is 5.75 Å². The number of imidazole rings is 1. The summed E-state index contributed by atoms with van der Waals surface area (Å²) in [6, 6.07) is 16.9. The highest BCUT2D eigenvalue weighted by atomic mass is 127. The van der Waals surface area contributed by atoms with Gasteiger partial charge in [-0.25, -0.2) is 15.0 Å². The first-order valence-corrected chi connectivity index (χ1v) is 13.9. The SMILES string of the molecule is Cc1ccc(NC(=O)c2ccc(I)cc2OCCCCn2ccnc2)cc1Nc1nccc(-c2cccnc2)n1. The maximum Gasteiger partial charge on any atom is 0.259 e. The van der Waals surface area contributed by atoms with Crippen molar-refractivity contribution in [2.45, 2.75) is 26.3 Å². The molecule has 0 spiro atoms. The van der Waals surface area contributed by atoms with Gasteiger partial charge in [0.05, 0.1) is 24.2 Å². The molecular weight excluding hydrogens is 617 g/mol. The summed E-state index contributed by atoms with van der Waals surface area (Å²) in [6.07, 6.45) is 12.5. The second-order valence-electron chi connectivity index (χ2n) is 9.11. The molecule has 0 aliphatic carbocycles. The molecule has 3 heterocycles. The molecule has 5 aromatic rings. The summed E-state index contributed by atoms with van der Waals surface area (Å²) in [7, 11) is 0. The number of nitrogens with one attached hydrogen (secondary N) is 2. The molecule has 0 aliphatic heterocycles. The number of nitrogens with zero attached hydrogens (tertiary/aromatic N) is 5. The summed E-state index contributed by atoms with van der Waals surface area (Å²) in [5.74, 6) is 0.779. The van der Waals surface area contributed by atoms with Crippen LogP contribution in [0.25, 0.3) is 11.3 Å². The van der Waals surface area contributed by atoms with Crippen molar-refractivity contribution in [2.24, 2.45) is 0 Å². The van der Waals surface area contributed by atoms with Crippen LogP contribution in [0, 0.1) is 10.5 Å². The van der Waals surface area contributed by atoms with E-state index in [1.54, 1.807) is 37.2 Å². The zero-order valence-electron chi connectivity index (χ0n) is 21.9. The lowest BCUT2D eigenvalue weighted by Gasteiger charge is -2.14. The molecule has 202 valence electrons. The quantitative estimate of drug-likeness (QED) is 0.125. The largest absolute Gasteiger partial charge is 0.493 e. The highest BCUT2D eigenvalue weighted by molar-refractivity contribution is 14.1. The summed E-state index contributed by atoms with van der Waals surface area (Å²) < 4.78 is 9.08. The van der Waals surface area contributed by atoms with E-state index in [1.165, 1.54) is 0 Å². The number of carbonyl (C=O) groups is 1. The molecule has 0 atom stereocenters. The minimum atomic E-state index is -0.241. The van der Waals surface area contributed by atoms with Crippen molar-refractivity contribution < 1.29 is 9.53 Å². The van der Waals surface area contributed by atoms with Crippen LogP contribution in [-0.4, -0.2) is 37.0 Å². The Balaban J connectivity index is 1.25. The number of unbranched alkanes of at least 4 members (excludes halogenated alkanes) is 1. The van der Waals surface area contributed by atoms with Gasteiger partial charge in [-0.1, -0.05) is 6.07 Å². The third-order valence-electron chi connectivity index (χ3n) is 6.17. The molecule has 40 heavy (non-hydrogen) atoms. The molecular formula is C30H28IN7O2. The van der Waals surface area contributed by atoms with Crippen LogP contribution in [-0.2, 0) is 6.54 Å². The summed E-state index contributed by atoms with van der Waals surface area (Å²) in [4.78, 5) is 30.5. The zero-order valence-corrected chi connectivity index (χ0v) is 24.1. The highest BCUT2D eigenvalue weighted by Crippen LogP contribution is 2.27. The molecule has 0 unspecified atom stereocenters. The third-order valence-corrected chi connectivity index (χ3v) is 6.84. The van der Waals surface area contributed by atoms with Gasteiger partial charge in [-0.05, 0) is 96.5 Å². The van der Waals surface area contributed by atoms with Crippen LogP contribution in [0.2, 0.25) is 0 Å². The fourth-order valence-corrected chi connectivity index (χ4v) is 4.51. The van der Waals surface area contributed by atoms with Gasteiger partial charge in [-0.3, -0.25) is 9.78 Å². The first kappa shape index (κ1) is 27.3. The topological polar surface area (TPSA) is 107 Å². The number of hydrogen-bond acceptors (Lipinski definition) is 7. The summed E-state index contributed by atoms with van der Waals surface area (Å²) >= 11 is 2.22. The van der Waals surface area contributed by atoms with Gasteiger partial charge in [0.2, 0.25) is 5.95 Å². The molecule has 1 amide bonds. The summed E-state index contributed by atoms with van der Waals surface area (Å²) in [5, 5.41) is 6.29. The Morgan fingerprint density at radius 3 is 2.77 bits per heavy atom. The van der Waals surface area contributed by atoms with Crippen LogP contribution in [0.4, 0.5) is 17.3 Å². The maximum atomic E-state index is 13.3. The standard InChI is InChI=1S/C30H28IN7O2/c1-21-6-8-24(18-27(21)37-30-34-12-10-26(36-30)22-5-4-11-32-19-22)35-29(39)25-9-7-23(31)17-28(25)40-16-3-2-14-38-15-13-33-20-38/h4-13,15,17-20H,2-3,14,16H2,1H3,(H,35,39)(H,34,36,37). The predicted molar refractivity (Wildman–Crippen MR) is 164 cm³/mol. The lowest BCUT2D eigenvalue weighted by atomic mass is 10.1. The van der Waals surface area contributed by atoms with Crippen molar-refractivity contribution in [3.8, 4) is 17.0 Å². The van der Waals surface area contributed by atoms with E-state index in [1.807, 2.05) is 66.2 Å². The molecule has 0 aliphatic rings. The number of aryl methyl sites for hydroxylation is 2. The number of benzene rings is 2. The van der Waals surface area contributed by atoms with Gasteiger partial charge in [0.1, 0.15) is 5.75 Å². The van der Waals surface area contributed by atoms with E-state index in [9.17, 15) is 4.79 Å². The molecule has 0 bridgehead atoms. The fourth-order valence-electron chi connectivity index (χ4n) is 4.05. The smallest absolute Gasteiger partial charge is 0.259 e. The van der Waals surface area contributed by atoms with Gasteiger partial charge in [-0.15, -0.1) is 0 Å². The van der Waals surface area contributed by atoms with E-state index in [-0.39, 0.29) is 5.91 Å². The van der Waals surface area contributed by atoms with Crippen LogP contribution in [0.1, 0.15) is 28.8 Å². The Morgan fingerprint density at radius 1 is 1.02 bits per heavy atom. The number of ether oxygens (including phenoxy) is 1.